The molecule has 0 bridgehead atoms. The molecule has 2 heterocycles. The molecule has 74 valence electrons. The number of aromatic nitrogens is 3. The lowest BCUT2D eigenvalue weighted by atomic mass is 10.4. The van der Waals surface area contributed by atoms with Gasteiger partial charge in [-0.3, -0.25) is 0 Å². The number of aryl methyl sites for hydroxylation is 1. The molecule has 0 atom stereocenters. The molecule has 0 aliphatic heterocycles. The fraction of sp³-hybridized carbons (Fsp3) is 0.400. The van der Waals surface area contributed by atoms with Crippen molar-refractivity contribution in [2.75, 3.05) is 6.61 Å². The summed E-state index contributed by atoms with van der Waals surface area (Å²) in [7, 11) is 0. The Balaban J connectivity index is 2.43. The van der Waals surface area contributed by atoms with Gasteiger partial charge in [0.1, 0.15) is 5.82 Å². The van der Waals surface area contributed by atoms with Crippen LogP contribution in [0.25, 0.3) is 11.2 Å². The van der Waals surface area contributed by atoms with Gasteiger partial charge >= 0.3 is 0 Å². The second-order valence-electron chi connectivity index (χ2n) is 2.99. The molecule has 0 aliphatic rings. The molecule has 2 aromatic heterocycles. The van der Waals surface area contributed by atoms with E-state index in [9.17, 15) is 0 Å². The Morgan fingerprint density at radius 2 is 2.14 bits per heavy atom. The van der Waals surface area contributed by atoms with Crippen LogP contribution < -0.4 is 4.74 Å². The molecule has 0 amide bonds. The molecule has 0 unspecified atom stereocenters. The summed E-state index contributed by atoms with van der Waals surface area (Å²) in [4.78, 5) is 11.8. The molecule has 0 radical (unpaired) electrons. The van der Waals surface area contributed by atoms with Gasteiger partial charge in [0.2, 0.25) is 5.88 Å². The zero-order valence-corrected chi connectivity index (χ0v) is 8.37. The highest BCUT2D eigenvalue weighted by atomic mass is 16.5. The van der Waals surface area contributed by atoms with Crippen LogP contribution in [0.15, 0.2) is 12.1 Å². The Hall–Kier alpha value is -1.58. The third-order valence-electron chi connectivity index (χ3n) is 2.00. The smallest absolute Gasteiger partial charge is 0.215 e. The lowest BCUT2D eigenvalue weighted by Gasteiger charge is -1.99. The van der Waals surface area contributed by atoms with E-state index < -0.39 is 0 Å². The molecule has 4 heteroatoms. The van der Waals surface area contributed by atoms with Crippen LogP contribution in [-0.4, -0.2) is 21.6 Å². The molecule has 2 aromatic rings. The van der Waals surface area contributed by atoms with Crippen molar-refractivity contribution in [3.05, 3.63) is 18.0 Å². The number of imidazole rings is 1. The maximum absolute atomic E-state index is 5.29. The summed E-state index contributed by atoms with van der Waals surface area (Å²) in [6, 6.07) is 3.79. The Bertz CT molecular complexity index is 436. The summed E-state index contributed by atoms with van der Waals surface area (Å²) in [6.07, 6.45) is 0.889. The Labute approximate surface area is 82.3 Å². The van der Waals surface area contributed by atoms with Gasteiger partial charge in [0, 0.05) is 12.5 Å². The maximum Gasteiger partial charge on any atom is 0.215 e. The predicted octanol–water partition coefficient (Wildman–Crippen LogP) is 1.92. The quantitative estimate of drug-likeness (QED) is 0.806. The van der Waals surface area contributed by atoms with Gasteiger partial charge in [-0.05, 0) is 13.0 Å². The molecule has 0 aliphatic carbocycles. The molecule has 0 saturated heterocycles. The first-order valence-corrected chi connectivity index (χ1v) is 4.82. The predicted molar refractivity (Wildman–Crippen MR) is 54.4 cm³/mol. The molecule has 0 aromatic carbocycles. The standard InChI is InChI=1S/C10H13N3O/c1-3-8-11-7-5-6-9(14-4-2)13-10(7)12-8/h5-6H,3-4H2,1-2H3,(H,11,12,13). The Morgan fingerprint density at radius 3 is 2.86 bits per heavy atom. The number of H-pyrrole nitrogens is 1. The van der Waals surface area contributed by atoms with Crippen molar-refractivity contribution in [1.29, 1.82) is 0 Å². The van der Waals surface area contributed by atoms with Gasteiger partial charge in [0.15, 0.2) is 5.65 Å². The molecule has 0 spiro atoms. The van der Waals surface area contributed by atoms with Crippen molar-refractivity contribution in [3.8, 4) is 5.88 Å². The summed E-state index contributed by atoms with van der Waals surface area (Å²) in [6.45, 7) is 4.62. The Morgan fingerprint density at radius 1 is 1.29 bits per heavy atom. The first-order chi connectivity index (χ1) is 6.83. The molecule has 0 fully saturated rings. The minimum Gasteiger partial charge on any atom is -0.478 e. The summed E-state index contributed by atoms with van der Waals surface area (Å²) < 4.78 is 5.29. The monoisotopic (exact) mass is 191 g/mol. The van der Waals surface area contributed by atoms with Crippen LogP contribution in [0.3, 0.4) is 0 Å². The van der Waals surface area contributed by atoms with E-state index in [1.807, 2.05) is 19.1 Å². The fourth-order valence-corrected chi connectivity index (χ4v) is 1.32. The van der Waals surface area contributed by atoms with Crippen molar-refractivity contribution in [2.45, 2.75) is 20.3 Å². The van der Waals surface area contributed by atoms with E-state index in [-0.39, 0.29) is 0 Å². The summed E-state index contributed by atoms with van der Waals surface area (Å²) in [5.41, 5.74) is 1.69. The van der Waals surface area contributed by atoms with E-state index in [1.54, 1.807) is 0 Å². The second kappa shape index (κ2) is 3.65. The van der Waals surface area contributed by atoms with Crippen molar-refractivity contribution >= 4 is 11.2 Å². The topological polar surface area (TPSA) is 50.8 Å². The van der Waals surface area contributed by atoms with Crippen LogP contribution in [0, 0.1) is 0 Å². The average Bonchev–Trinajstić information content (AvgIpc) is 2.60. The molecule has 0 saturated carbocycles. The normalized spacial score (nSPS) is 10.7. The molecular formula is C10H13N3O. The number of fused-ring (bicyclic) bond motifs is 1. The largest absolute Gasteiger partial charge is 0.478 e. The van der Waals surface area contributed by atoms with E-state index in [0.29, 0.717) is 12.5 Å². The van der Waals surface area contributed by atoms with Gasteiger partial charge in [-0.1, -0.05) is 6.92 Å². The number of ether oxygens (including phenoxy) is 1. The van der Waals surface area contributed by atoms with Crippen molar-refractivity contribution in [1.82, 2.24) is 15.0 Å². The number of pyridine rings is 1. The summed E-state index contributed by atoms with van der Waals surface area (Å²) >= 11 is 0. The average molecular weight is 191 g/mol. The van der Waals surface area contributed by atoms with E-state index in [2.05, 4.69) is 21.9 Å². The van der Waals surface area contributed by atoms with Gasteiger partial charge in [0.25, 0.3) is 0 Å². The van der Waals surface area contributed by atoms with Crippen LogP contribution >= 0.6 is 0 Å². The molecule has 2 rings (SSSR count). The molecule has 1 N–H and O–H groups in total. The SMILES string of the molecule is CCOc1ccc2[nH]c(CC)nc2n1. The number of nitrogens with one attached hydrogen (secondary N) is 1. The highest BCUT2D eigenvalue weighted by Crippen LogP contribution is 2.14. The van der Waals surface area contributed by atoms with Gasteiger partial charge in [-0.25, -0.2) is 4.98 Å². The second-order valence-corrected chi connectivity index (χ2v) is 2.99. The van der Waals surface area contributed by atoms with Crippen molar-refractivity contribution in [2.24, 2.45) is 0 Å². The lowest BCUT2D eigenvalue weighted by molar-refractivity contribution is 0.328. The summed E-state index contributed by atoms with van der Waals surface area (Å²) in [5.74, 6) is 1.59. The number of rotatable bonds is 3. The van der Waals surface area contributed by atoms with Crippen LogP contribution in [-0.2, 0) is 6.42 Å². The minimum absolute atomic E-state index is 0.629. The Kier molecular flexibility index (Phi) is 2.35. The van der Waals surface area contributed by atoms with Crippen LogP contribution in [0.4, 0.5) is 0 Å². The molecule has 4 nitrogen and oxygen atoms in total. The fourth-order valence-electron chi connectivity index (χ4n) is 1.32. The molecule has 14 heavy (non-hydrogen) atoms. The van der Waals surface area contributed by atoms with Crippen molar-refractivity contribution in [3.63, 3.8) is 0 Å². The maximum atomic E-state index is 5.29. The zero-order valence-electron chi connectivity index (χ0n) is 8.37. The van der Waals surface area contributed by atoms with E-state index >= 15 is 0 Å². The van der Waals surface area contributed by atoms with Gasteiger partial charge in [-0.2, -0.15) is 4.98 Å². The van der Waals surface area contributed by atoms with E-state index in [4.69, 9.17) is 4.74 Å². The van der Waals surface area contributed by atoms with Crippen molar-refractivity contribution < 1.29 is 4.74 Å². The van der Waals surface area contributed by atoms with Gasteiger partial charge in [0.05, 0.1) is 12.1 Å². The van der Waals surface area contributed by atoms with Crippen LogP contribution in [0.1, 0.15) is 19.7 Å². The van der Waals surface area contributed by atoms with E-state index in [1.165, 1.54) is 0 Å². The number of hydrogen-bond acceptors (Lipinski definition) is 3. The zero-order chi connectivity index (χ0) is 9.97. The highest BCUT2D eigenvalue weighted by Gasteiger charge is 2.03. The van der Waals surface area contributed by atoms with Gasteiger partial charge < -0.3 is 9.72 Å². The third kappa shape index (κ3) is 1.55. The number of nitrogens with zero attached hydrogens (tertiary/aromatic N) is 2. The minimum atomic E-state index is 0.629. The highest BCUT2D eigenvalue weighted by molar-refractivity contribution is 5.71. The third-order valence-corrected chi connectivity index (χ3v) is 2.00. The number of hydrogen-bond donors (Lipinski definition) is 1. The van der Waals surface area contributed by atoms with Crippen LogP contribution in [0.5, 0.6) is 5.88 Å². The summed E-state index contributed by atoms with van der Waals surface area (Å²) in [5, 5.41) is 0. The van der Waals surface area contributed by atoms with Crippen LogP contribution in [0.2, 0.25) is 0 Å². The first kappa shape index (κ1) is 8.99. The molecular weight excluding hydrogens is 178 g/mol. The number of aromatic amines is 1. The van der Waals surface area contributed by atoms with Gasteiger partial charge in [-0.15, -0.1) is 0 Å². The lowest BCUT2D eigenvalue weighted by Crippen LogP contribution is -1.93. The first-order valence-electron chi connectivity index (χ1n) is 4.82. The van der Waals surface area contributed by atoms with E-state index in [0.717, 1.165) is 23.4 Å².